The Morgan fingerprint density at radius 2 is 1.71 bits per heavy atom. The Kier molecular flexibility index (Phi) is 7.67. The first-order valence-electron chi connectivity index (χ1n) is 11.7. The van der Waals surface area contributed by atoms with E-state index in [0.717, 1.165) is 53.8 Å². The molecular weight excluding hydrogens is 449 g/mol. The number of unbranched alkanes of at least 4 members (excludes halogenated alkanes) is 2. The van der Waals surface area contributed by atoms with Crippen LogP contribution in [0.3, 0.4) is 0 Å². The number of nitriles is 1. The van der Waals surface area contributed by atoms with Gasteiger partial charge < -0.3 is 4.74 Å². The molecule has 0 radical (unpaired) electrons. The second kappa shape index (κ2) is 11.1. The van der Waals surface area contributed by atoms with E-state index in [2.05, 4.69) is 11.9 Å². The summed E-state index contributed by atoms with van der Waals surface area (Å²) in [5.41, 5.74) is 1.86. The summed E-state index contributed by atoms with van der Waals surface area (Å²) in [4.78, 5) is 4.48. The smallest absolute Gasteiger partial charge is 0.144 e. The molecule has 0 unspecified atom stereocenters. The minimum atomic E-state index is -0.904. The zero-order valence-corrected chi connectivity index (χ0v) is 19.5. The predicted octanol–water partition coefficient (Wildman–Crippen LogP) is 7.54. The van der Waals surface area contributed by atoms with Gasteiger partial charge in [0.15, 0.2) is 0 Å². The minimum absolute atomic E-state index is 0.247. The van der Waals surface area contributed by atoms with Crippen LogP contribution >= 0.6 is 0 Å². The highest BCUT2D eigenvalue weighted by Crippen LogP contribution is 2.28. The molecule has 4 rings (SSSR count). The van der Waals surface area contributed by atoms with Crippen LogP contribution in [0.15, 0.2) is 60.8 Å². The molecule has 1 heterocycles. The Labute approximate surface area is 202 Å². The maximum atomic E-state index is 15.2. The number of hydrogen-bond donors (Lipinski definition) is 0. The van der Waals surface area contributed by atoms with E-state index in [9.17, 15) is 8.78 Å². The molecule has 3 aromatic carbocycles. The number of benzene rings is 3. The average Bonchev–Trinajstić information content (AvgIpc) is 2.86. The highest BCUT2D eigenvalue weighted by Gasteiger charge is 2.13. The van der Waals surface area contributed by atoms with Crippen LogP contribution < -0.4 is 4.74 Å². The van der Waals surface area contributed by atoms with Crippen molar-refractivity contribution >= 4 is 10.8 Å². The largest absolute Gasteiger partial charge is 0.492 e. The van der Waals surface area contributed by atoms with Crippen molar-refractivity contribution in [3.05, 3.63) is 94.9 Å². The lowest BCUT2D eigenvalue weighted by Gasteiger charge is -2.10. The highest BCUT2D eigenvalue weighted by atomic mass is 19.1. The maximum Gasteiger partial charge on any atom is 0.144 e. The summed E-state index contributed by atoms with van der Waals surface area (Å²) in [5, 5.41) is 10.0. The van der Waals surface area contributed by atoms with Gasteiger partial charge in [0.05, 0.1) is 18.5 Å². The Bertz CT molecular complexity index is 1350. The molecular formula is C29H25F3N2O. The molecule has 0 saturated carbocycles. The molecule has 0 fully saturated rings. The van der Waals surface area contributed by atoms with Crippen molar-refractivity contribution in [3.63, 3.8) is 0 Å². The van der Waals surface area contributed by atoms with Gasteiger partial charge in [0.25, 0.3) is 0 Å². The van der Waals surface area contributed by atoms with Crippen LogP contribution in [-0.2, 0) is 12.8 Å². The minimum Gasteiger partial charge on any atom is -0.492 e. The van der Waals surface area contributed by atoms with Crippen LogP contribution in [0.1, 0.15) is 42.9 Å². The molecule has 0 N–H and O–H groups in total. The number of hydrogen-bond acceptors (Lipinski definition) is 3. The Balaban J connectivity index is 1.48. The van der Waals surface area contributed by atoms with Gasteiger partial charge in [-0.1, -0.05) is 44.0 Å². The third kappa shape index (κ3) is 5.63. The third-order valence-electron chi connectivity index (χ3n) is 5.98. The summed E-state index contributed by atoms with van der Waals surface area (Å²) in [6.07, 6.45) is 5.50. The lowest BCUT2D eigenvalue weighted by atomic mass is 9.98. The molecule has 4 aromatic rings. The number of ether oxygens (including phenoxy) is 1. The standard InChI is InChI=1S/C29H25F3N2O/c1-2-3-4-13-35-23-10-12-28(34-18-23)22-9-11-24-21(16-22)8-7-20(29(24)32)6-5-19-14-26(30)25(17-33)27(31)15-19/h7-12,14-16,18H,2-6,13H2,1H3. The van der Waals surface area contributed by atoms with E-state index < -0.39 is 17.2 Å². The summed E-state index contributed by atoms with van der Waals surface area (Å²) in [7, 11) is 0. The number of nitrogens with zero attached hydrogens (tertiary/aromatic N) is 2. The molecule has 1 aromatic heterocycles. The third-order valence-corrected chi connectivity index (χ3v) is 5.98. The van der Waals surface area contributed by atoms with Gasteiger partial charge in [0.1, 0.15) is 34.8 Å². The second-order valence-electron chi connectivity index (χ2n) is 8.46. The van der Waals surface area contributed by atoms with E-state index in [4.69, 9.17) is 10.00 Å². The van der Waals surface area contributed by atoms with Crippen LogP contribution in [0.25, 0.3) is 22.0 Å². The monoisotopic (exact) mass is 474 g/mol. The van der Waals surface area contributed by atoms with Gasteiger partial charge in [0.2, 0.25) is 0 Å². The lowest BCUT2D eigenvalue weighted by molar-refractivity contribution is 0.305. The molecule has 0 atom stereocenters. The second-order valence-corrected chi connectivity index (χ2v) is 8.46. The van der Waals surface area contributed by atoms with E-state index in [-0.39, 0.29) is 18.7 Å². The Morgan fingerprint density at radius 3 is 2.40 bits per heavy atom. The van der Waals surface area contributed by atoms with E-state index >= 15 is 4.39 Å². The van der Waals surface area contributed by atoms with Crippen LogP contribution in [0, 0.1) is 28.8 Å². The van der Waals surface area contributed by atoms with Crippen molar-refractivity contribution in [1.29, 1.82) is 5.26 Å². The van der Waals surface area contributed by atoms with Crippen molar-refractivity contribution in [1.82, 2.24) is 4.98 Å². The zero-order valence-electron chi connectivity index (χ0n) is 19.5. The molecule has 3 nitrogen and oxygen atoms in total. The van der Waals surface area contributed by atoms with Crippen molar-refractivity contribution in [2.24, 2.45) is 0 Å². The molecule has 178 valence electrons. The molecule has 6 heteroatoms. The van der Waals surface area contributed by atoms with Crippen LogP contribution in [0.2, 0.25) is 0 Å². The quantitative estimate of drug-likeness (QED) is 0.235. The number of rotatable bonds is 9. The van der Waals surface area contributed by atoms with Crippen LogP contribution in [0.5, 0.6) is 5.75 Å². The molecule has 0 bridgehead atoms. The summed E-state index contributed by atoms with van der Waals surface area (Å²) < 4.78 is 48.6. The first-order chi connectivity index (χ1) is 17.0. The van der Waals surface area contributed by atoms with Crippen molar-refractivity contribution in [2.45, 2.75) is 39.0 Å². The van der Waals surface area contributed by atoms with Crippen molar-refractivity contribution in [3.8, 4) is 23.1 Å². The van der Waals surface area contributed by atoms with Crippen molar-refractivity contribution in [2.75, 3.05) is 6.61 Å². The lowest BCUT2D eigenvalue weighted by Crippen LogP contribution is -1.99. The molecule has 0 saturated heterocycles. The molecule has 0 aliphatic carbocycles. The zero-order chi connectivity index (χ0) is 24.8. The van der Waals surface area contributed by atoms with Crippen LogP contribution in [-0.4, -0.2) is 11.6 Å². The maximum absolute atomic E-state index is 15.2. The molecule has 0 amide bonds. The number of fused-ring (bicyclic) bond motifs is 1. The Morgan fingerprint density at radius 1 is 0.914 bits per heavy atom. The van der Waals surface area contributed by atoms with E-state index in [0.29, 0.717) is 23.1 Å². The SMILES string of the molecule is CCCCCOc1ccc(-c2ccc3c(F)c(CCc4cc(F)c(C#N)c(F)c4)ccc3c2)nc1. The van der Waals surface area contributed by atoms with Gasteiger partial charge in [-0.3, -0.25) is 4.98 Å². The first kappa shape index (κ1) is 24.3. The van der Waals surface area contributed by atoms with Gasteiger partial charge in [-0.2, -0.15) is 5.26 Å². The molecule has 0 aliphatic rings. The fourth-order valence-electron chi connectivity index (χ4n) is 4.02. The van der Waals surface area contributed by atoms with Crippen molar-refractivity contribution < 1.29 is 17.9 Å². The molecule has 35 heavy (non-hydrogen) atoms. The van der Waals surface area contributed by atoms with E-state index in [1.54, 1.807) is 18.3 Å². The number of pyridine rings is 1. The topological polar surface area (TPSA) is 45.9 Å². The predicted molar refractivity (Wildman–Crippen MR) is 131 cm³/mol. The normalized spacial score (nSPS) is 10.9. The summed E-state index contributed by atoms with van der Waals surface area (Å²) in [6, 6.07) is 16.5. The summed E-state index contributed by atoms with van der Waals surface area (Å²) in [5.74, 6) is -1.44. The van der Waals surface area contributed by atoms with Crippen LogP contribution in [0.4, 0.5) is 13.2 Å². The molecule has 0 spiro atoms. The molecule has 0 aliphatic heterocycles. The van der Waals surface area contributed by atoms with Gasteiger partial charge >= 0.3 is 0 Å². The van der Waals surface area contributed by atoms with Gasteiger partial charge in [-0.05, 0) is 66.1 Å². The number of halogens is 3. The fourth-order valence-corrected chi connectivity index (χ4v) is 4.02. The Hall–Kier alpha value is -3.85. The summed E-state index contributed by atoms with van der Waals surface area (Å²) in [6.45, 7) is 2.82. The van der Waals surface area contributed by atoms with Gasteiger partial charge in [0, 0.05) is 10.9 Å². The van der Waals surface area contributed by atoms with Gasteiger partial charge in [-0.15, -0.1) is 0 Å². The van der Waals surface area contributed by atoms with E-state index in [1.807, 2.05) is 30.3 Å². The van der Waals surface area contributed by atoms with Gasteiger partial charge in [-0.25, -0.2) is 13.2 Å². The summed E-state index contributed by atoms with van der Waals surface area (Å²) >= 11 is 0. The van der Waals surface area contributed by atoms with E-state index in [1.165, 1.54) is 6.07 Å². The average molecular weight is 475 g/mol. The number of aryl methyl sites for hydroxylation is 2. The highest BCUT2D eigenvalue weighted by molar-refractivity contribution is 5.88. The number of aromatic nitrogens is 1. The fraction of sp³-hybridized carbons (Fsp3) is 0.241. The first-order valence-corrected chi connectivity index (χ1v) is 11.7.